The monoisotopic (exact) mass is 360 g/mol. The molecule has 1 N–H and O–H groups in total. The van der Waals surface area contributed by atoms with Gasteiger partial charge in [0.15, 0.2) is 0 Å². The molecule has 2 aliphatic heterocycles. The number of amides is 1. The summed E-state index contributed by atoms with van der Waals surface area (Å²) in [7, 11) is 0. The molecule has 2 atom stereocenters. The lowest BCUT2D eigenvalue weighted by molar-refractivity contribution is -0.0341. The summed E-state index contributed by atoms with van der Waals surface area (Å²) in [4.78, 5) is 18.3. The average Bonchev–Trinajstić information content (AvgIpc) is 3.12. The van der Waals surface area contributed by atoms with Crippen LogP contribution in [-0.2, 0) is 4.74 Å². The van der Waals surface area contributed by atoms with Gasteiger partial charge in [0.2, 0.25) is 0 Å². The summed E-state index contributed by atoms with van der Waals surface area (Å²) in [6.45, 7) is 8.25. The fourth-order valence-electron chi connectivity index (χ4n) is 4.94. The summed E-state index contributed by atoms with van der Waals surface area (Å²) in [6.07, 6.45) is 11.1. The van der Waals surface area contributed by atoms with Crippen molar-refractivity contribution in [3.63, 3.8) is 0 Å². The van der Waals surface area contributed by atoms with Gasteiger partial charge < -0.3 is 9.72 Å². The molecule has 0 saturated carbocycles. The Kier molecular flexibility index (Phi) is 3.14. The highest BCUT2D eigenvalue weighted by atomic mass is 16.6. The SMILES string of the molecule is Cc1ccc2c(C3C4=CC5=CC=CCC5(C)N4C(=O)OC3(C)C)c[nH]c2c1. The van der Waals surface area contributed by atoms with E-state index in [4.69, 9.17) is 4.74 Å². The summed E-state index contributed by atoms with van der Waals surface area (Å²) in [5, 5.41) is 1.18. The van der Waals surface area contributed by atoms with Crippen LogP contribution in [-0.4, -0.2) is 27.1 Å². The Hall–Kier alpha value is -2.75. The van der Waals surface area contributed by atoms with Gasteiger partial charge in [0.1, 0.15) is 5.60 Å². The van der Waals surface area contributed by atoms with Crippen molar-refractivity contribution in [3.8, 4) is 0 Å². The third-order valence-corrected chi connectivity index (χ3v) is 6.31. The number of carbonyl (C=O) groups is 1. The highest BCUT2D eigenvalue weighted by Crippen LogP contribution is 2.53. The van der Waals surface area contributed by atoms with Gasteiger partial charge in [-0.05, 0) is 63.0 Å². The standard InChI is InChI=1S/C23H24N2O2/c1-14-8-9-16-17(13-24-18(16)11-14)20-19-12-15-7-5-6-10-23(15,4)25(19)21(26)27-22(20,2)3/h5-9,11-13,20,24H,10H2,1-4H3. The van der Waals surface area contributed by atoms with Gasteiger partial charge in [-0.15, -0.1) is 0 Å². The number of benzene rings is 1. The number of hydrogen-bond donors (Lipinski definition) is 1. The van der Waals surface area contributed by atoms with Gasteiger partial charge in [-0.1, -0.05) is 30.4 Å². The fourth-order valence-corrected chi connectivity index (χ4v) is 4.94. The minimum atomic E-state index is -0.628. The molecule has 2 unspecified atom stereocenters. The molecular weight excluding hydrogens is 336 g/mol. The molecular formula is C23H24N2O2. The molecule has 1 aromatic heterocycles. The van der Waals surface area contributed by atoms with Crippen LogP contribution in [0.4, 0.5) is 4.79 Å². The van der Waals surface area contributed by atoms with Crippen molar-refractivity contribution in [2.45, 2.75) is 51.2 Å². The number of fused-ring (bicyclic) bond motifs is 4. The van der Waals surface area contributed by atoms with Crippen molar-refractivity contribution in [1.82, 2.24) is 9.88 Å². The Morgan fingerprint density at radius 2 is 2.07 bits per heavy atom. The number of aromatic amines is 1. The van der Waals surface area contributed by atoms with E-state index in [1.165, 1.54) is 22.1 Å². The molecule has 27 heavy (non-hydrogen) atoms. The Morgan fingerprint density at radius 3 is 2.89 bits per heavy atom. The molecule has 1 fully saturated rings. The van der Waals surface area contributed by atoms with Crippen molar-refractivity contribution < 1.29 is 9.53 Å². The van der Waals surface area contributed by atoms with E-state index in [-0.39, 0.29) is 17.6 Å². The molecule has 1 aromatic carbocycles. The van der Waals surface area contributed by atoms with Gasteiger partial charge in [0, 0.05) is 22.8 Å². The van der Waals surface area contributed by atoms with E-state index < -0.39 is 5.60 Å². The lowest BCUT2D eigenvalue weighted by Crippen LogP contribution is -2.56. The van der Waals surface area contributed by atoms with Gasteiger partial charge in [-0.2, -0.15) is 0 Å². The number of aromatic nitrogens is 1. The second kappa shape index (κ2) is 5.16. The minimum Gasteiger partial charge on any atom is -0.442 e. The maximum atomic E-state index is 13.0. The van der Waals surface area contributed by atoms with Crippen molar-refractivity contribution >= 4 is 17.0 Å². The van der Waals surface area contributed by atoms with Crippen molar-refractivity contribution in [2.75, 3.05) is 0 Å². The highest BCUT2D eigenvalue weighted by Gasteiger charge is 2.55. The summed E-state index contributed by atoms with van der Waals surface area (Å²) < 4.78 is 5.99. The van der Waals surface area contributed by atoms with Gasteiger partial charge in [-0.3, -0.25) is 4.90 Å². The first kappa shape index (κ1) is 16.4. The lowest BCUT2D eigenvalue weighted by atomic mass is 9.80. The van der Waals surface area contributed by atoms with E-state index in [1.807, 2.05) is 18.7 Å². The molecule has 2 aromatic rings. The third-order valence-electron chi connectivity index (χ3n) is 6.31. The molecule has 4 nitrogen and oxygen atoms in total. The molecule has 1 amide bonds. The second-order valence-electron chi connectivity index (χ2n) is 8.63. The first-order chi connectivity index (χ1) is 12.8. The first-order valence-electron chi connectivity index (χ1n) is 9.51. The van der Waals surface area contributed by atoms with E-state index in [9.17, 15) is 4.79 Å². The Bertz CT molecular complexity index is 1070. The van der Waals surface area contributed by atoms with Gasteiger partial charge >= 0.3 is 6.09 Å². The van der Waals surface area contributed by atoms with Crippen LogP contribution in [0.3, 0.4) is 0 Å². The number of rotatable bonds is 1. The van der Waals surface area contributed by atoms with E-state index >= 15 is 0 Å². The van der Waals surface area contributed by atoms with Crippen LogP contribution >= 0.6 is 0 Å². The molecule has 0 radical (unpaired) electrons. The predicted molar refractivity (Wildman–Crippen MR) is 107 cm³/mol. The van der Waals surface area contributed by atoms with Crippen LogP contribution in [0.5, 0.6) is 0 Å². The van der Waals surface area contributed by atoms with Gasteiger partial charge in [0.05, 0.1) is 11.5 Å². The summed E-state index contributed by atoms with van der Waals surface area (Å²) in [5.74, 6) is -0.0324. The van der Waals surface area contributed by atoms with Crippen molar-refractivity contribution in [1.29, 1.82) is 0 Å². The first-order valence-corrected chi connectivity index (χ1v) is 9.51. The molecule has 4 heteroatoms. The summed E-state index contributed by atoms with van der Waals surface area (Å²) >= 11 is 0. The maximum Gasteiger partial charge on any atom is 0.415 e. The van der Waals surface area contributed by atoms with E-state index in [2.05, 4.69) is 67.5 Å². The largest absolute Gasteiger partial charge is 0.442 e. The predicted octanol–water partition coefficient (Wildman–Crippen LogP) is 5.33. The molecule has 138 valence electrons. The fraction of sp³-hybridized carbons (Fsp3) is 0.348. The third kappa shape index (κ3) is 2.13. The maximum absolute atomic E-state index is 13.0. The number of hydrogen-bond acceptors (Lipinski definition) is 2. The van der Waals surface area contributed by atoms with Crippen LogP contribution in [0.15, 0.2) is 60.0 Å². The quantitative estimate of drug-likeness (QED) is 0.747. The zero-order valence-electron chi connectivity index (χ0n) is 16.2. The highest BCUT2D eigenvalue weighted by molar-refractivity contribution is 5.86. The topological polar surface area (TPSA) is 45.3 Å². The van der Waals surface area contributed by atoms with Crippen LogP contribution in [0.25, 0.3) is 10.9 Å². The molecule has 5 rings (SSSR count). The second-order valence-corrected chi connectivity index (χ2v) is 8.63. The van der Waals surface area contributed by atoms with Crippen LogP contribution in [0, 0.1) is 6.92 Å². The van der Waals surface area contributed by atoms with E-state index in [1.54, 1.807) is 0 Å². The minimum absolute atomic E-state index is 0.0324. The number of cyclic esters (lactones) is 1. The molecule has 1 aliphatic carbocycles. The molecule has 0 bridgehead atoms. The molecule has 1 saturated heterocycles. The number of carbonyl (C=O) groups excluding carboxylic acids is 1. The van der Waals surface area contributed by atoms with Gasteiger partial charge in [-0.25, -0.2) is 4.79 Å². The zero-order valence-corrected chi connectivity index (χ0v) is 16.2. The van der Waals surface area contributed by atoms with E-state index in [0.717, 1.165) is 17.6 Å². The number of aryl methyl sites for hydroxylation is 1. The number of nitrogens with one attached hydrogen (secondary N) is 1. The number of H-pyrrole nitrogens is 1. The van der Waals surface area contributed by atoms with Crippen LogP contribution < -0.4 is 0 Å². The Labute approximate surface area is 159 Å². The Morgan fingerprint density at radius 1 is 1.26 bits per heavy atom. The lowest BCUT2D eigenvalue weighted by Gasteiger charge is -2.48. The zero-order chi connectivity index (χ0) is 19.0. The number of allylic oxidation sites excluding steroid dienone is 2. The average molecular weight is 360 g/mol. The number of ether oxygens (including phenoxy) is 1. The molecule has 3 aliphatic rings. The van der Waals surface area contributed by atoms with E-state index in [0.29, 0.717) is 0 Å². The normalized spacial score (nSPS) is 28.5. The van der Waals surface area contributed by atoms with Gasteiger partial charge in [0.25, 0.3) is 0 Å². The van der Waals surface area contributed by atoms with Crippen LogP contribution in [0.2, 0.25) is 0 Å². The Balaban J connectivity index is 1.73. The molecule has 0 spiro atoms. The summed E-state index contributed by atoms with van der Waals surface area (Å²) in [5.41, 5.74) is 4.74. The number of nitrogens with zero attached hydrogens (tertiary/aromatic N) is 1. The van der Waals surface area contributed by atoms with Crippen molar-refractivity contribution in [3.05, 3.63) is 71.1 Å². The smallest absolute Gasteiger partial charge is 0.415 e. The summed E-state index contributed by atoms with van der Waals surface area (Å²) in [6, 6.07) is 6.46. The van der Waals surface area contributed by atoms with Crippen LogP contribution in [0.1, 0.15) is 44.2 Å². The molecule has 3 heterocycles. The van der Waals surface area contributed by atoms with Crippen molar-refractivity contribution in [2.24, 2.45) is 0 Å².